The van der Waals surface area contributed by atoms with Gasteiger partial charge in [0.05, 0.1) is 13.0 Å². The fraction of sp³-hybridized carbons (Fsp3) is 0.400. The number of ether oxygens (including phenoxy) is 1. The number of nitrogen functional groups attached to an aromatic ring is 1. The zero-order chi connectivity index (χ0) is 12.3. The number of alkyl halides is 3. The van der Waals surface area contributed by atoms with E-state index in [9.17, 15) is 17.6 Å². The van der Waals surface area contributed by atoms with E-state index >= 15 is 0 Å². The highest BCUT2D eigenvalue weighted by Crippen LogP contribution is 2.25. The van der Waals surface area contributed by atoms with Gasteiger partial charge in [-0.15, -0.1) is 0 Å². The van der Waals surface area contributed by atoms with Crippen LogP contribution in [0.25, 0.3) is 0 Å². The molecular weight excluding hydrogens is 226 g/mol. The number of hydrogen-bond donors (Lipinski definition) is 1. The third-order valence-corrected chi connectivity index (χ3v) is 1.96. The second-order valence-electron chi connectivity index (χ2n) is 3.35. The molecule has 0 saturated heterocycles. The summed E-state index contributed by atoms with van der Waals surface area (Å²) >= 11 is 0. The van der Waals surface area contributed by atoms with Crippen LogP contribution >= 0.6 is 0 Å². The second-order valence-corrected chi connectivity index (χ2v) is 3.35. The van der Waals surface area contributed by atoms with Crippen LogP contribution in [0.3, 0.4) is 0 Å². The van der Waals surface area contributed by atoms with Crippen LogP contribution in [-0.4, -0.2) is 12.8 Å². The molecule has 1 aromatic carbocycles. The van der Waals surface area contributed by atoms with Gasteiger partial charge in [-0.3, -0.25) is 0 Å². The Labute approximate surface area is 90.0 Å². The first-order chi connectivity index (χ1) is 7.29. The molecule has 0 aliphatic heterocycles. The molecule has 0 bridgehead atoms. The molecule has 0 fully saturated rings. The summed E-state index contributed by atoms with van der Waals surface area (Å²) in [6.07, 6.45) is -5.42. The molecule has 0 aromatic heterocycles. The topological polar surface area (TPSA) is 35.2 Å². The van der Waals surface area contributed by atoms with Crippen molar-refractivity contribution in [2.45, 2.75) is 19.5 Å². The number of anilines is 1. The van der Waals surface area contributed by atoms with Gasteiger partial charge < -0.3 is 10.5 Å². The number of hydrogen-bond acceptors (Lipinski definition) is 2. The predicted octanol–water partition coefficient (Wildman–Crippen LogP) is 3.05. The molecule has 16 heavy (non-hydrogen) atoms. The highest BCUT2D eigenvalue weighted by atomic mass is 19.4. The molecule has 0 aliphatic rings. The molecule has 2 nitrogen and oxygen atoms in total. The summed E-state index contributed by atoms with van der Waals surface area (Å²) in [5.74, 6) is -0.971. The Balaban J connectivity index is 2.64. The van der Waals surface area contributed by atoms with Crippen molar-refractivity contribution < 1.29 is 22.3 Å². The molecule has 0 atom stereocenters. The normalized spacial score (nSPS) is 11.6. The number of benzene rings is 1. The largest absolute Gasteiger partial charge is 0.490 e. The van der Waals surface area contributed by atoms with E-state index in [0.29, 0.717) is 5.56 Å². The monoisotopic (exact) mass is 237 g/mol. The maximum absolute atomic E-state index is 13.2. The standard InChI is InChI=1S/C10H11F4NO/c1-6-4-9(7(11)5-8(6)15)16-3-2-10(12,13)14/h4-5H,2-3,15H2,1H3. The maximum atomic E-state index is 13.2. The van der Waals surface area contributed by atoms with Gasteiger partial charge in [0.25, 0.3) is 0 Å². The number of halogens is 4. The minimum atomic E-state index is -4.31. The van der Waals surface area contributed by atoms with Gasteiger partial charge in [-0.1, -0.05) is 0 Å². The first kappa shape index (κ1) is 12.6. The van der Waals surface area contributed by atoms with Gasteiger partial charge in [0.1, 0.15) is 0 Å². The molecule has 0 unspecified atom stereocenters. The summed E-state index contributed by atoms with van der Waals surface area (Å²) < 4.78 is 53.3. The van der Waals surface area contributed by atoms with Gasteiger partial charge in [-0.2, -0.15) is 13.2 Å². The average Bonchev–Trinajstić information content (AvgIpc) is 2.11. The molecule has 0 aliphatic carbocycles. The Hall–Kier alpha value is -1.46. The number of aryl methyl sites for hydroxylation is 1. The van der Waals surface area contributed by atoms with Crippen LogP contribution in [0, 0.1) is 12.7 Å². The van der Waals surface area contributed by atoms with Crippen LogP contribution in [0.4, 0.5) is 23.2 Å². The van der Waals surface area contributed by atoms with Crippen LogP contribution in [0.5, 0.6) is 5.75 Å². The lowest BCUT2D eigenvalue weighted by atomic mass is 10.2. The zero-order valence-corrected chi connectivity index (χ0v) is 8.57. The summed E-state index contributed by atoms with van der Waals surface area (Å²) in [6, 6.07) is 2.30. The smallest absolute Gasteiger partial charge is 0.392 e. The minimum absolute atomic E-state index is 0.212. The van der Waals surface area contributed by atoms with Crippen molar-refractivity contribution in [1.82, 2.24) is 0 Å². The number of nitrogens with two attached hydrogens (primary N) is 1. The van der Waals surface area contributed by atoms with E-state index in [1.165, 1.54) is 6.07 Å². The van der Waals surface area contributed by atoms with Gasteiger partial charge in [0.15, 0.2) is 11.6 Å². The quantitative estimate of drug-likeness (QED) is 0.647. The number of rotatable bonds is 3. The first-order valence-electron chi connectivity index (χ1n) is 4.55. The molecule has 0 heterocycles. The Bertz CT molecular complexity index is 376. The lowest BCUT2D eigenvalue weighted by Gasteiger charge is -2.10. The minimum Gasteiger partial charge on any atom is -0.490 e. The highest BCUT2D eigenvalue weighted by molar-refractivity contribution is 5.50. The van der Waals surface area contributed by atoms with E-state index in [0.717, 1.165) is 6.07 Å². The van der Waals surface area contributed by atoms with Crippen molar-refractivity contribution in [2.24, 2.45) is 0 Å². The van der Waals surface area contributed by atoms with Gasteiger partial charge >= 0.3 is 6.18 Å². The summed E-state index contributed by atoms with van der Waals surface area (Å²) in [5, 5.41) is 0. The second kappa shape index (κ2) is 4.59. The fourth-order valence-electron chi connectivity index (χ4n) is 1.06. The Morgan fingerprint density at radius 3 is 2.50 bits per heavy atom. The molecule has 0 spiro atoms. The van der Waals surface area contributed by atoms with Gasteiger partial charge in [-0.25, -0.2) is 4.39 Å². The van der Waals surface area contributed by atoms with Crippen molar-refractivity contribution in [2.75, 3.05) is 12.3 Å². The Morgan fingerprint density at radius 2 is 1.94 bits per heavy atom. The van der Waals surface area contributed by atoms with Gasteiger partial charge in [-0.05, 0) is 18.6 Å². The third kappa shape index (κ3) is 3.60. The SMILES string of the molecule is Cc1cc(OCCC(F)(F)F)c(F)cc1N. The van der Waals surface area contributed by atoms with Gasteiger partial charge in [0.2, 0.25) is 0 Å². The van der Waals surface area contributed by atoms with Crippen molar-refractivity contribution in [1.29, 1.82) is 0 Å². The van der Waals surface area contributed by atoms with Crippen LogP contribution in [-0.2, 0) is 0 Å². The predicted molar refractivity (Wildman–Crippen MR) is 51.7 cm³/mol. The van der Waals surface area contributed by atoms with E-state index < -0.39 is 25.0 Å². The summed E-state index contributed by atoms with van der Waals surface area (Å²) in [4.78, 5) is 0. The molecule has 1 aromatic rings. The van der Waals surface area contributed by atoms with E-state index in [4.69, 9.17) is 10.5 Å². The highest BCUT2D eigenvalue weighted by Gasteiger charge is 2.27. The van der Waals surface area contributed by atoms with Gasteiger partial charge in [0, 0.05) is 11.8 Å². The summed E-state index contributed by atoms with van der Waals surface area (Å²) in [6.45, 7) is 1.01. The Kier molecular flexibility index (Phi) is 3.62. The molecule has 0 saturated carbocycles. The molecule has 1 rings (SSSR count). The van der Waals surface area contributed by atoms with E-state index in [1.807, 2.05) is 0 Å². The van der Waals surface area contributed by atoms with Crippen LogP contribution in [0.15, 0.2) is 12.1 Å². The van der Waals surface area contributed by atoms with Crippen molar-refractivity contribution in [3.05, 3.63) is 23.5 Å². The molecule has 90 valence electrons. The van der Waals surface area contributed by atoms with Crippen LogP contribution < -0.4 is 10.5 Å². The first-order valence-corrected chi connectivity index (χ1v) is 4.55. The summed E-state index contributed by atoms with van der Waals surface area (Å²) in [7, 11) is 0. The lowest BCUT2D eigenvalue weighted by molar-refractivity contribution is -0.139. The van der Waals surface area contributed by atoms with Crippen LogP contribution in [0.2, 0.25) is 0 Å². The molecule has 0 amide bonds. The molecule has 2 N–H and O–H groups in total. The molecule has 6 heteroatoms. The molecule has 0 radical (unpaired) electrons. The van der Waals surface area contributed by atoms with Crippen molar-refractivity contribution in [3.8, 4) is 5.75 Å². The van der Waals surface area contributed by atoms with E-state index in [-0.39, 0.29) is 11.4 Å². The molecular formula is C10H11F4NO. The lowest BCUT2D eigenvalue weighted by Crippen LogP contribution is -2.13. The average molecular weight is 237 g/mol. The Morgan fingerprint density at radius 1 is 1.31 bits per heavy atom. The van der Waals surface area contributed by atoms with Crippen LogP contribution in [0.1, 0.15) is 12.0 Å². The third-order valence-electron chi connectivity index (χ3n) is 1.96. The van der Waals surface area contributed by atoms with Crippen molar-refractivity contribution in [3.63, 3.8) is 0 Å². The fourth-order valence-corrected chi connectivity index (χ4v) is 1.06. The maximum Gasteiger partial charge on any atom is 0.392 e. The van der Waals surface area contributed by atoms with Crippen molar-refractivity contribution >= 4 is 5.69 Å². The zero-order valence-electron chi connectivity index (χ0n) is 8.57. The summed E-state index contributed by atoms with van der Waals surface area (Å²) in [5.41, 5.74) is 6.21. The van der Waals surface area contributed by atoms with E-state index in [1.54, 1.807) is 6.92 Å². The van der Waals surface area contributed by atoms with E-state index in [2.05, 4.69) is 0 Å².